The van der Waals surface area contributed by atoms with E-state index in [1.807, 2.05) is 13.8 Å². The first-order chi connectivity index (χ1) is 18.9. The van der Waals surface area contributed by atoms with Crippen molar-refractivity contribution in [2.75, 3.05) is 34.0 Å². The third-order valence-electron chi connectivity index (χ3n) is 6.52. The van der Waals surface area contributed by atoms with Crippen molar-refractivity contribution in [2.24, 2.45) is 0 Å². The number of hydrogen-bond donors (Lipinski definition) is 1. The van der Waals surface area contributed by atoms with Crippen LogP contribution in [0.2, 0.25) is 0 Å². The first-order valence-electron chi connectivity index (χ1n) is 12.8. The molecule has 0 saturated carbocycles. The zero-order valence-electron chi connectivity index (χ0n) is 22.6. The largest absolute Gasteiger partial charge is 0.507 e. The Morgan fingerprint density at radius 3 is 2.26 bits per heavy atom. The minimum atomic E-state index is -0.823. The van der Waals surface area contributed by atoms with E-state index < -0.39 is 17.7 Å². The van der Waals surface area contributed by atoms with Gasteiger partial charge in [0.15, 0.2) is 0 Å². The quantitative estimate of drug-likeness (QED) is 0.204. The summed E-state index contributed by atoms with van der Waals surface area (Å²) in [7, 11) is 3.13. The lowest BCUT2D eigenvalue weighted by Gasteiger charge is -2.25. The van der Waals surface area contributed by atoms with Crippen molar-refractivity contribution < 1.29 is 33.6 Å². The number of methoxy groups -OCH3 is 2. The molecule has 8 heteroatoms. The first kappa shape index (κ1) is 27.6. The number of aliphatic hydroxyl groups is 1. The van der Waals surface area contributed by atoms with Crippen LogP contribution in [0.15, 0.2) is 72.3 Å². The fraction of sp³-hybridized carbons (Fsp3) is 0.290. The van der Waals surface area contributed by atoms with Crippen LogP contribution in [0.4, 0.5) is 0 Å². The highest BCUT2D eigenvalue weighted by molar-refractivity contribution is 6.46. The number of hydrogen-bond acceptors (Lipinski definition) is 7. The number of carbonyl (C=O) groups excluding carboxylic acids is 2. The number of likely N-dealkylation sites (tertiary alicyclic amines) is 1. The van der Waals surface area contributed by atoms with Gasteiger partial charge in [-0.1, -0.05) is 19.1 Å². The maximum Gasteiger partial charge on any atom is 0.295 e. The van der Waals surface area contributed by atoms with Crippen LogP contribution in [0.25, 0.3) is 5.76 Å². The van der Waals surface area contributed by atoms with Crippen molar-refractivity contribution in [2.45, 2.75) is 26.3 Å². The van der Waals surface area contributed by atoms with Gasteiger partial charge in [-0.15, -0.1) is 0 Å². The molecule has 1 atom stereocenters. The zero-order chi connectivity index (χ0) is 27.9. The molecule has 1 saturated heterocycles. The highest BCUT2D eigenvalue weighted by Gasteiger charge is 2.46. The van der Waals surface area contributed by atoms with Crippen LogP contribution in [0.5, 0.6) is 23.0 Å². The second-order valence-corrected chi connectivity index (χ2v) is 9.12. The predicted molar refractivity (Wildman–Crippen MR) is 147 cm³/mol. The molecule has 3 aromatic rings. The summed E-state index contributed by atoms with van der Waals surface area (Å²) < 4.78 is 22.2. The fourth-order valence-electron chi connectivity index (χ4n) is 4.53. The molecule has 1 unspecified atom stereocenters. The van der Waals surface area contributed by atoms with Gasteiger partial charge in [0.25, 0.3) is 11.7 Å². The molecule has 204 valence electrons. The number of carbonyl (C=O) groups is 2. The highest BCUT2D eigenvalue weighted by atomic mass is 16.5. The van der Waals surface area contributed by atoms with E-state index in [-0.39, 0.29) is 24.5 Å². The van der Waals surface area contributed by atoms with Crippen molar-refractivity contribution in [3.05, 3.63) is 89.0 Å². The average molecular weight is 532 g/mol. The molecule has 1 N–H and O–H groups in total. The smallest absolute Gasteiger partial charge is 0.295 e. The standard InChI is InChI=1S/C31H33NO7/c1-5-16-39-26-14-9-22(18-20(26)2)29(33)27-28(21-7-6-8-25(19-21)37-4)32(31(35)30(27)34)15-17-38-24-12-10-23(36-3)11-13-24/h6-14,18-19,28,33H,5,15-17H2,1-4H3/b29-27-. The molecule has 4 rings (SSSR count). The van der Waals surface area contributed by atoms with E-state index in [1.165, 1.54) is 4.90 Å². The van der Waals surface area contributed by atoms with Crippen molar-refractivity contribution in [3.63, 3.8) is 0 Å². The van der Waals surface area contributed by atoms with Crippen LogP contribution in [0.1, 0.15) is 36.1 Å². The third-order valence-corrected chi connectivity index (χ3v) is 6.52. The van der Waals surface area contributed by atoms with Gasteiger partial charge in [0.05, 0.1) is 39.0 Å². The van der Waals surface area contributed by atoms with Gasteiger partial charge in [-0.25, -0.2) is 0 Å². The summed E-state index contributed by atoms with van der Waals surface area (Å²) in [5.74, 6) is 0.869. The molecule has 8 nitrogen and oxygen atoms in total. The van der Waals surface area contributed by atoms with E-state index >= 15 is 0 Å². The molecule has 0 aromatic heterocycles. The van der Waals surface area contributed by atoms with E-state index in [1.54, 1.807) is 80.9 Å². The van der Waals surface area contributed by atoms with Gasteiger partial charge in [0, 0.05) is 5.56 Å². The molecule has 0 spiro atoms. The number of benzene rings is 3. The molecule has 0 aliphatic carbocycles. The highest BCUT2D eigenvalue weighted by Crippen LogP contribution is 2.40. The summed E-state index contributed by atoms with van der Waals surface area (Å²) in [5, 5.41) is 11.4. The molecular weight excluding hydrogens is 498 g/mol. The van der Waals surface area contributed by atoms with Crippen LogP contribution in [-0.4, -0.2) is 55.7 Å². The summed E-state index contributed by atoms with van der Waals surface area (Å²) >= 11 is 0. The molecule has 0 radical (unpaired) electrons. The van der Waals surface area contributed by atoms with Gasteiger partial charge in [-0.05, 0) is 79.1 Å². The first-order valence-corrected chi connectivity index (χ1v) is 12.8. The second kappa shape index (κ2) is 12.4. The van der Waals surface area contributed by atoms with E-state index in [2.05, 4.69) is 0 Å². The molecule has 1 fully saturated rings. The van der Waals surface area contributed by atoms with E-state index in [0.717, 1.165) is 12.0 Å². The molecule has 39 heavy (non-hydrogen) atoms. The van der Waals surface area contributed by atoms with Gasteiger partial charge in [-0.2, -0.15) is 0 Å². The van der Waals surface area contributed by atoms with Gasteiger partial charge in [0.1, 0.15) is 35.4 Å². The van der Waals surface area contributed by atoms with Crippen LogP contribution < -0.4 is 18.9 Å². The topological polar surface area (TPSA) is 94.5 Å². The Kier molecular flexibility index (Phi) is 8.76. The number of amides is 1. The molecule has 0 bridgehead atoms. The van der Waals surface area contributed by atoms with Gasteiger partial charge >= 0.3 is 0 Å². The Balaban J connectivity index is 1.68. The van der Waals surface area contributed by atoms with Gasteiger partial charge in [0.2, 0.25) is 0 Å². The minimum Gasteiger partial charge on any atom is -0.507 e. The van der Waals surface area contributed by atoms with Crippen LogP contribution >= 0.6 is 0 Å². The van der Waals surface area contributed by atoms with Crippen LogP contribution in [0.3, 0.4) is 0 Å². The number of ketones is 1. The Hall–Kier alpha value is -4.46. The molecular formula is C31H33NO7. The van der Waals surface area contributed by atoms with E-state index in [9.17, 15) is 14.7 Å². The number of ether oxygens (including phenoxy) is 4. The van der Waals surface area contributed by atoms with Crippen molar-refractivity contribution in [1.29, 1.82) is 0 Å². The lowest BCUT2D eigenvalue weighted by Crippen LogP contribution is -2.33. The molecule has 1 aliphatic heterocycles. The van der Waals surface area contributed by atoms with E-state index in [0.29, 0.717) is 40.7 Å². The lowest BCUT2D eigenvalue weighted by molar-refractivity contribution is -0.140. The zero-order valence-corrected chi connectivity index (χ0v) is 22.6. The summed E-state index contributed by atoms with van der Waals surface area (Å²) in [6, 6.07) is 18.6. The van der Waals surface area contributed by atoms with Crippen LogP contribution in [0, 0.1) is 6.92 Å². The van der Waals surface area contributed by atoms with Gasteiger partial charge in [-0.3, -0.25) is 9.59 Å². The SMILES string of the molecule is CCCOc1ccc(/C(O)=C2/C(=O)C(=O)N(CCOc3ccc(OC)cc3)C2c2cccc(OC)c2)cc1C. The predicted octanol–water partition coefficient (Wildman–Crippen LogP) is 5.30. The lowest BCUT2D eigenvalue weighted by atomic mass is 9.94. The van der Waals surface area contributed by atoms with E-state index in [4.69, 9.17) is 18.9 Å². The summed E-state index contributed by atoms with van der Waals surface area (Å²) in [5.41, 5.74) is 1.89. The van der Waals surface area contributed by atoms with Crippen LogP contribution in [-0.2, 0) is 9.59 Å². The number of Topliss-reactive ketones (excluding diaryl/α,β-unsaturated/α-hetero) is 1. The minimum absolute atomic E-state index is 0.0133. The monoisotopic (exact) mass is 531 g/mol. The maximum absolute atomic E-state index is 13.3. The Labute approximate surface area is 228 Å². The Bertz CT molecular complexity index is 1360. The molecule has 1 amide bonds. The molecule has 1 aliphatic rings. The number of aryl methyl sites for hydroxylation is 1. The normalized spacial score (nSPS) is 16.3. The second-order valence-electron chi connectivity index (χ2n) is 9.12. The third kappa shape index (κ3) is 6.00. The molecule has 1 heterocycles. The fourth-order valence-corrected chi connectivity index (χ4v) is 4.53. The Morgan fingerprint density at radius 2 is 1.59 bits per heavy atom. The number of nitrogens with zero attached hydrogens (tertiary/aromatic N) is 1. The van der Waals surface area contributed by atoms with Crippen molar-refractivity contribution in [1.82, 2.24) is 4.90 Å². The summed E-state index contributed by atoms with van der Waals surface area (Å²) in [4.78, 5) is 28.0. The molecule has 3 aromatic carbocycles. The van der Waals surface area contributed by atoms with Crippen molar-refractivity contribution >= 4 is 17.4 Å². The Morgan fingerprint density at radius 1 is 0.872 bits per heavy atom. The number of aliphatic hydroxyl groups excluding tert-OH is 1. The maximum atomic E-state index is 13.3. The number of rotatable bonds is 11. The average Bonchev–Trinajstić information content (AvgIpc) is 3.21. The summed E-state index contributed by atoms with van der Waals surface area (Å²) in [6.07, 6.45) is 0.868. The summed E-state index contributed by atoms with van der Waals surface area (Å²) in [6.45, 7) is 4.73. The van der Waals surface area contributed by atoms with Crippen molar-refractivity contribution in [3.8, 4) is 23.0 Å². The van der Waals surface area contributed by atoms with Gasteiger partial charge < -0.3 is 29.0 Å².